The smallest absolute Gasteiger partial charge is 0.0542 e. The van der Waals surface area contributed by atoms with E-state index in [-0.39, 0.29) is 6.10 Å². The van der Waals surface area contributed by atoms with Crippen molar-refractivity contribution in [3.63, 3.8) is 0 Å². The molecule has 0 radical (unpaired) electrons. The Morgan fingerprint density at radius 1 is 1.53 bits per heavy atom. The van der Waals surface area contributed by atoms with Crippen LogP contribution in [0, 0.1) is 11.8 Å². The lowest BCUT2D eigenvalue weighted by atomic mass is 9.79. The summed E-state index contributed by atoms with van der Waals surface area (Å²) in [4.78, 5) is 0. The minimum atomic E-state index is -0.0722. The fourth-order valence-electron chi connectivity index (χ4n) is 2.58. The van der Waals surface area contributed by atoms with Crippen molar-refractivity contribution in [3.8, 4) is 0 Å². The van der Waals surface area contributed by atoms with Crippen LogP contribution in [-0.2, 0) is 0 Å². The summed E-state index contributed by atoms with van der Waals surface area (Å²) in [6.07, 6.45) is 9.18. The standard InChI is InChI=1S/C14H26O/c1-4-5-14(15)10-12(3)13-8-6-11(2)7-9-13/h6,12-15H,4-5,7-10H2,1-3H3. The first-order valence-electron chi connectivity index (χ1n) is 6.47. The van der Waals surface area contributed by atoms with Crippen LogP contribution in [0.3, 0.4) is 0 Å². The number of aliphatic hydroxyl groups is 1. The summed E-state index contributed by atoms with van der Waals surface area (Å²) in [5, 5.41) is 9.79. The van der Waals surface area contributed by atoms with E-state index >= 15 is 0 Å². The van der Waals surface area contributed by atoms with Crippen molar-refractivity contribution in [2.24, 2.45) is 11.8 Å². The quantitative estimate of drug-likeness (QED) is 0.682. The zero-order valence-electron chi connectivity index (χ0n) is 10.5. The lowest BCUT2D eigenvalue weighted by Gasteiger charge is -2.28. The summed E-state index contributed by atoms with van der Waals surface area (Å²) in [6, 6.07) is 0. The molecule has 1 rings (SSSR count). The predicted octanol–water partition coefficient (Wildman–Crippen LogP) is 3.92. The van der Waals surface area contributed by atoms with Gasteiger partial charge in [0.1, 0.15) is 0 Å². The fourth-order valence-corrected chi connectivity index (χ4v) is 2.58. The minimum Gasteiger partial charge on any atom is -0.393 e. The van der Waals surface area contributed by atoms with Crippen molar-refractivity contribution < 1.29 is 5.11 Å². The van der Waals surface area contributed by atoms with E-state index in [0.29, 0.717) is 5.92 Å². The monoisotopic (exact) mass is 210 g/mol. The van der Waals surface area contributed by atoms with Gasteiger partial charge in [0.25, 0.3) is 0 Å². The minimum absolute atomic E-state index is 0.0722. The highest BCUT2D eigenvalue weighted by Crippen LogP contribution is 2.31. The maximum atomic E-state index is 9.79. The second kappa shape index (κ2) is 6.32. The van der Waals surface area contributed by atoms with Crippen LogP contribution in [0.4, 0.5) is 0 Å². The molecule has 0 aliphatic heterocycles. The van der Waals surface area contributed by atoms with Gasteiger partial charge >= 0.3 is 0 Å². The molecule has 3 atom stereocenters. The van der Waals surface area contributed by atoms with Crippen LogP contribution in [0.15, 0.2) is 11.6 Å². The summed E-state index contributed by atoms with van der Waals surface area (Å²) >= 11 is 0. The van der Waals surface area contributed by atoms with E-state index in [4.69, 9.17) is 0 Å². The number of hydrogen-bond donors (Lipinski definition) is 1. The molecule has 0 fully saturated rings. The van der Waals surface area contributed by atoms with Gasteiger partial charge in [0.2, 0.25) is 0 Å². The molecule has 0 bridgehead atoms. The predicted molar refractivity (Wildman–Crippen MR) is 65.8 cm³/mol. The zero-order valence-corrected chi connectivity index (χ0v) is 10.5. The Balaban J connectivity index is 2.31. The average molecular weight is 210 g/mol. The lowest BCUT2D eigenvalue weighted by molar-refractivity contribution is 0.117. The molecule has 15 heavy (non-hydrogen) atoms. The third-order valence-electron chi connectivity index (χ3n) is 3.75. The van der Waals surface area contributed by atoms with Crippen molar-refractivity contribution in [1.82, 2.24) is 0 Å². The largest absolute Gasteiger partial charge is 0.393 e. The fraction of sp³-hybridized carbons (Fsp3) is 0.857. The highest BCUT2D eigenvalue weighted by molar-refractivity contribution is 5.03. The lowest BCUT2D eigenvalue weighted by Crippen LogP contribution is -2.20. The molecule has 88 valence electrons. The molecular formula is C14H26O. The van der Waals surface area contributed by atoms with Gasteiger partial charge in [0.15, 0.2) is 0 Å². The summed E-state index contributed by atoms with van der Waals surface area (Å²) in [7, 11) is 0. The van der Waals surface area contributed by atoms with Gasteiger partial charge in [-0.15, -0.1) is 0 Å². The first kappa shape index (κ1) is 12.8. The Morgan fingerprint density at radius 3 is 2.80 bits per heavy atom. The van der Waals surface area contributed by atoms with Crippen LogP contribution in [0.1, 0.15) is 59.3 Å². The molecule has 0 heterocycles. The van der Waals surface area contributed by atoms with Crippen LogP contribution in [0.25, 0.3) is 0 Å². The number of allylic oxidation sites excluding steroid dienone is 2. The van der Waals surface area contributed by atoms with Gasteiger partial charge in [-0.3, -0.25) is 0 Å². The van der Waals surface area contributed by atoms with Gasteiger partial charge in [-0.25, -0.2) is 0 Å². The Hall–Kier alpha value is -0.300. The Bertz CT molecular complexity index is 207. The van der Waals surface area contributed by atoms with Crippen LogP contribution in [0.5, 0.6) is 0 Å². The third-order valence-corrected chi connectivity index (χ3v) is 3.75. The van der Waals surface area contributed by atoms with E-state index in [1.54, 1.807) is 5.57 Å². The zero-order chi connectivity index (χ0) is 11.3. The topological polar surface area (TPSA) is 20.2 Å². The van der Waals surface area contributed by atoms with Crippen LogP contribution in [-0.4, -0.2) is 11.2 Å². The maximum Gasteiger partial charge on any atom is 0.0542 e. The molecule has 1 nitrogen and oxygen atoms in total. The van der Waals surface area contributed by atoms with E-state index in [9.17, 15) is 5.11 Å². The molecule has 1 heteroatoms. The highest BCUT2D eigenvalue weighted by atomic mass is 16.3. The van der Waals surface area contributed by atoms with Gasteiger partial charge in [-0.2, -0.15) is 0 Å². The molecule has 1 N–H and O–H groups in total. The van der Waals surface area contributed by atoms with E-state index in [1.165, 1.54) is 19.3 Å². The first-order valence-corrected chi connectivity index (χ1v) is 6.47. The van der Waals surface area contributed by atoms with Crippen LogP contribution < -0.4 is 0 Å². The summed E-state index contributed by atoms with van der Waals surface area (Å²) < 4.78 is 0. The van der Waals surface area contributed by atoms with E-state index in [2.05, 4.69) is 26.8 Å². The van der Waals surface area contributed by atoms with Crippen molar-refractivity contribution in [1.29, 1.82) is 0 Å². The molecule has 0 saturated carbocycles. The molecule has 0 saturated heterocycles. The van der Waals surface area contributed by atoms with Crippen molar-refractivity contribution in [2.75, 3.05) is 0 Å². The Kier molecular flexibility index (Phi) is 5.38. The van der Waals surface area contributed by atoms with E-state index in [0.717, 1.165) is 25.2 Å². The average Bonchev–Trinajstić information content (AvgIpc) is 2.18. The van der Waals surface area contributed by atoms with Gasteiger partial charge in [0.05, 0.1) is 6.10 Å². The molecule has 0 aromatic heterocycles. The molecule has 0 spiro atoms. The van der Waals surface area contributed by atoms with Gasteiger partial charge < -0.3 is 5.11 Å². The van der Waals surface area contributed by atoms with Crippen LogP contribution in [0.2, 0.25) is 0 Å². The SMILES string of the molecule is CCCC(O)CC(C)C1CC=C(C)CC1. The van der Waals surface area contributed by atoms with E-state index in [1.807, 2.05) is 0 Å². The highest BCUT2D eigenvalue weighted by Gasteiger charge is 2.21. The molecular weight excluding hydrogens is 184 g/mol. The van der Waals surface area contributed by atoms with Gasteiger partial charge in [0, 0.05) is 0 Å². The number of aliphatic hydroxyl groups excluding tert-OH is 1. The summed E-state index contributed by atoms with van der Waals surface area (Å²) in [5.41, 5.74) is 1.55. The van der Waals surface area contributed by atoms with Crippen molar-refractivity contribution >= 4 is 0 Å². The molecule has 1 aliphatic rings. The van der Waals surface area contributed by atoms with Crippen molar-refractivity contribution in [3.05, 3.63) is 11.6 Å². The third kappa shape index (κ3) is 4.38. The van der Waals surface area contributed by atoms with Crippen LogP contribution >= 0.6 is 0 Å². The normalized spacial score (nSPS) is 25.9. The van der Waals surface area contributed by atoms with E-state index < -0.39 is 0 Å². The molecule has 3 unspecified atom stereocenters. The second-order valence-corrected chi connectivity index (χ2v) is 5.24. The second-order valence-electron chi connectivity index (χ2n) is 5.24. The van der Waals surface area contributed by atoms with Crippen molar-refractivity contribution in [2.45, 2.75) is 65.4 Å². The Labute approximate surface area is 94.6 Å². The van der Waals surface area contributed by atoms with Gasteiger partial charge in [-0.1, -0.05) is 31.9 Å². The number of hydrogen-bond acceptors (Lipinski definition) is 1. The Morgan fingerprint density at radius 2 is 2.27 bits per heavy atom. The molecule has 1 aliphatic carbocycles. The first-order chi connectivity index (χ1) is 7.13. The van der Waals surface area contributed by atoms with Gasteiger partial charge in [-0.05, 0) is 50.9 Å². The number of rotatable bonds is 5. The summed E-state index contributed by atoms with van der Waals surface area (Å²) in [5.74, 6) is 1.48. The molecule has 0 aromatic carbocycles. The molecule has 0 aromatic rings. The maximum absolute atomic E-state index is 9.79. The molecule has 0 amide bonds. The summed E-state index contributed by atoms with van der Waals surface area (Å²) in [6.45, 7) is 6.67.